The van der Waals surface area contributed by atoms with Crippen molar-refractivity contribution in [3.63, 3.8) is 0 Å². The van der Waals surface area contributed by atoms with E-state index in [1.807, 2.05) is 0 Å². The minimum atomic E-state index is -4.84. The summed E-state index contributed by atoms with van der Waals surface area (Å²) < 4.78 is 57.0. The molecule has 0 saturated heterocycles. The fourth-order valence-electron chi connectivity index (χ4n) is 3.36. The summed E-state index contributed by atoms with van der Waals surface area (Å²) in [4.78, 5) is 16.7. The van der Waals surface area contributed by atoms with Gasteiger partial charge in [-0.05, 0) is 43.0 Å². The maximum absolute atomic E-state index is 13.8. The number of amides is 1. The van der Waals surface area contributed by atoms with Crippen LogP contribution < -0.4 is 10.1 Å². The van der Waals surface area contributed by atoms with Crippen LogP contribution in [0.5, 0.6) is 5.75 Å². The van der Waals surface area contributed by atoms with Crippen molar-refractivity contribution in [2.45, 2.75) is 32.0 Å². The number of benzene rings is 1. The number of nitrogens with zero attached hydrogens (tertiary/aromatic N) is 2. The number of imidazole rings is 1. The molecule has 0 unspecified atom stereocenters. The standard InChI is InChI=1S/C20H17F4N3O2/c21-14-7-8-16-25-19(26-17(28)9-12-3-1-4-12)18(27(16)11-14)13-5-2-6-15(10-13)29-20(22,23)24/h2,5-8,10-12H,1,3-4,9H2,(H,26,28). The van der Waals surface area contributed by atoms with Crippen molar-refractivity contribution >= 4 is 17.4 Å². The van der Waals surface area contributed by atoms with E-state index in [0.29, 0.717) is 23.5 Å². The lowest BCUT2D eigenvalue weighted by atomic mass is 9.83. The minimum absolute atomic E-state index is 0.157. The number of fused-ring (bicyclic) bond motifs is 1. The van der Waals surface area contributed by atoms with Crippen LogP contribution in [0.3, 0.4) is 0 Å². The molecule has 29 heavy (non-hydrogen) atoms. The number of alkyl halides is 3. The molecule has 2 aromatic heterocycles. The molecule has 0 radical (unpaired) electrons. The molecule has 0 atom stereocenters. The van der Waals surface area contributed by atoms with Gasteiger partial charge < -0.3 is 10.1 Å². The number of nitrogens with one attached hydrogen (secondary N) is 1. The van der Waals surface area contributed by atoms with Crippen molar-refractivity contribution in [3.8, 4) is 17.0 Å². The number of anilines is 1. The van der Waals surface area contributed by atoms with Crippen LogP contribution in [0.1, 0.15) is 25.7 Å². The maximum atomic E-state index is 13.8. The van der Waals surface area contributed by atoms with E-state index in [4.69, 9.17) is 0 Å². The lowest BCUT2D eigenvalue weighted by molar-refractivity contribution is -0.274. The molecule has 0 bridgehead atoms. The van der Waals surface area contributed by atoms with E-state index in [1.54, 1.807) is 6.07 Å². The molecule has 2 heterocycles. The van der Waals surface area contributed by atoms with Crippen LogP contribution in [0.25, 0.3) is 16.9 Å². The first-order valence-corrected chi connectivity index (χ1v) is 9.12. The predicted molar refractivity (Wildman–Crippen MR) is 97.9 cm³/mol. The van der Waals surface area contributed by atoms with Crippen molar-refractivity contribution < 1.29 is 27.1 Å². The number of carbonyl (C=O) groups is 1. The summed E-state index contributed by atoms with van der Waals surface area (Å²) in [5.74, 6) is -0.720. The second-order valence-corrected chi connectivity index (χ2v) is 7.01. The molecule has 9 heteroatoms. The van der Waals surface area contributed by atoms with Gasteiger partial charge in [0.05, 0.1) is 5.69 Å². The Labute approximate surface area is 163 Å². The molecule has 1 aliphatic rings. The highest BCUT2D eigenvalue weighted by atomic mass is 19.4. The summed E-state index contributed by atoms with van der Waals surface area (Å²) in [5.41, 5.74) is 0.917. The van der Waals surface area contributed by atoms with Crippen LogP contribution in [0, 0.1) is 11.7 Å². The molecule has 152 valence electrons. The highest BCUT2D eigenvalue weighted by Gasteiger charge is 2.31. The Kier molecular flexibility index (Phi) is 4.89. The summed E-state index contributed by atoms with van der Waals surface area (Å²) >= 11 is 0. The maximum Gasteiger partial charge on any atom is 0.573 e. The zero-order valence-electron chi connectivity index (χ0n) is 15.2. The van der Waals surface area contributed by atoms with E-state index in [9.17, 15) is 22.4 Å². The van der Waals surface area contributed by atoms with Crippen LogP contribution in [0.4, 0.5) is 23.4 Å². The van der Waals surface area contributed by atoms with Crippen molar-refractivity contribution in [2.75, 3.05) is 5.32 Å². The van der Waals surface area contributed by atoms with E-state index < -0.39 is 17.9 Å². The van der Waals surface area contributed by atoms with Crippen LogP contribution >= 0.6 is 0 Å². The highest BCUT2D eigenvalue weighted by Crippen LogP contribution is 2.34. The molecular formula is C20H17F4N3O2. The van der Waals surface area contributed by atoms with E-state index in [1.165, 1.54) is 28.7 Å². The Hall–Kier alpha value is -3.10. The Balaban J connectivity index is 1.74. The average Bonchev–Trinajstić information content (AvgIpc) is 2.94. The first-order chi connectivity index (χ1) is 13.8. The number of hydrogen-bond donors (Lipinski definition) is 1. The zero-order chi connectivity index (χ0) is 20.6. The monoisotopic (exact) mass is 407 g/mol. The molecule has 1 fully saturated rings. The van der Waals surface area contributed by atoms with Gasteiger partial charge in [0.25, 0.3) is 0 Å². The number of carbonyl (C=O) groups excluding carboxylic acids is 1. The number of aromatic nitrogens is 2. The number of pyridine rings is 1. The normalized spacial score (nSPS) is 14.6. The number of halogens is 4. The van der Waals surface area contributed by atoms with Crippen LogP contribution in [0.15, 0.2) is 42.6 Å². The zero-order valence-corrected chi connectivity index (χ0v) is 15.2. The van der Waals surface area contributed by atoms with Gasteiger partial charge in [0.15, 0.2) is 5.82 Å². The van der Waals surface area contributed by atoms with Gasteiger partial charge in [0.1, 0.15) is 17.2 Å². The molecule has 1 saturated carbocycles. The number of rotatable bonds is 5. The molecule has 4 rings (SSSR count). The van der Waals surface area contributed by atoms with Crippen LogP contribution in [0.2, 0.25) is 0 Å². The summed E-state index contributed by atoms with van der Waals surface area (Å²) in [6, 6.07) is 7.90. The van der Waals surface area contributed by atoms with Crippen molar-refractivity contribution in [1.29, 1.82) is 0 Å². The third kappa shape index (κ3) is 4.33. The fraction of sp³-hybridized carbons (Fsp3) is 0.300. The van der Waals surface area contributed by atoms with Crippen molar-refractivity contribution in [3.05, 3.63) is 48.4 Å². The molecule has 1 N–H and O–H groups in total. The molecule has 3 aromatic rings. The Morgan fingerprint density at radius 3 is 2.72 bits per heavy atom. The first kappa shape index (κ1) is 19.2. The van der Waals surface area contributed by atoms with Gasteiger partial charge >= 0.3 is 6.36 Å². The SMILES string of the molecule is O=C(CC1CCC1)Nc1nc2ccc(F)cn2c1-c1cccc(OC(F)(F)F)c1. The molecule has 1 aromatic carbocycles. The summed E-state index contributed by atoms with van der Waals surface area (Å²) in [7, 11) is 0. The number of hydrogen-bond acceptors (Lipinski definition) is 3. The van der Waals surface area contributed by atoms with E-state index in [-0.39, 0.29) is 17.4 Å². The van der Waals surface area contributed by atoms with E-state index in [0.717, 1.165) is 31.5 Å². The van der Waals surface area contributed by atoms with Gasteiger partial charge in [-0.1, -0.05) is 18.6 Å². The van der Waals surface area contributed by atoms with Crippen LogP contribution in [-0.4, -0.2) is 21.7 Å². The Morgan fingerprint density at radius 2 is 2.03 bits per heavy atom. The Morgan fingerprint density at radius 1 is 1.24 bits per heavy atom. The van der Waals surface area contributed by atoms with Gasteiger partial charge in [-0.3, -0.25) is 9.20 Å². The lowest BCUT2D eigenvalue weighted by Gasteiger charge is -2.24. The highest BCUT2D eigenvalue weighted by molar-refractivity contribution is 5.94. The van der Waals surface area contributed by atoms with Gasteiger partial charge in [-0.25, -0.2) is 9.37 Å². The molecule has 5 nitrogen and oxygen atoms in total. The van der Waals surface area contributed by atoms with Crippen molar-refractivity contribution in [2.24, 2.45) is 5.92 Å². The number of ether oxygens (including phenoxy) is 1. The second-order valence-electron chi connectivity index (χ2n) is 7.01. The van der Waals surface area contributed by atoms with Crippen molar-refractivity contribution in [1.82, 2.24) is 9.38 Å². The Bertz CT molecular complexity index is 1060. The predicted octanol–water partition coefficient (Wildman–Crippen LogP) is 5.17. The molecule has 0 spiro atoms. The third-order valence-corrected chi connectivity index (χ3v) is 4.88. The lowest BCUT2D eigenvalue weighted by Crippen LogP contribution is -2.21. The van der Waals surface area contributed by atoms with E-state index in [2.05, 4.69) is 15.0 Å². The summed E-state index contributed by atoms with van der Waals surface area (Å²) in [6.07, 6.45) is -0.247. The minimum Gasteiger partial charge on any atom is -0.406 e. The van der Waals surface area contributed by atoms with Gasteiger partial charge in [-0.2, -0.15) is 0 Å². The quantitative estimate of drug-likeness (QED) is 0.594. The fourth-order valence-corrected chi connectivity index (χ4v) is 3.36. The second kappa shape index (κ2) is 7.38. The summed E-state index contributed by atoms with van der Waals surface area (Å²) in [6.45, 7) is 0. The molecular weight excluding hydrogens is 390 g/mol. The van der Waals surface area contributed by atoms with E-state index >= 15 is 0 Å². The summed E-state index contributed by atoms with van der Waals surface area (Å²) in [5, 5.41) is 2.73. The molecule has 0 aliphatic heterocycles. The van der Waals surface area contributed by atoms with Crippen LogP contribution in [-0.2, 0) is 4.79 Å². The van der Waals surface area contributed by atoms with Gasteiger partial charge in [0, 0.05) is 18.2 Å². The molecule has 1 aliphatic carbocycles. The third-order valence-electron chi connectivity index (χ3n) is 4.88. The van der Waals surface area contributed by atoms with Gasteiger partial charge in [-0.15, -0.1) is 13.2 Å². The smallest absolute Gasteiger partial charge is 0.406 e. The van der Waals surface area contributed by atoms with Gasteiger partial charge in [0.2, 0.25) is 5.91 Å². The topological polar surface area (TPSA) is 55.6 Å². The molecule has 1 amide bonds. The largest absolute Gasteiger partial charge is 0.573 e. The average molecular weight is 407 g/mol. The first-order valence-electron chi connectivity index (χ1n) is 9.12.